The first-order chi connectivity index (χ1) is 9.06. The Morgan fingerprint density at radius 1 is 1.21 bits per heavy atom. The van der Waals surface area contributed by atoms with Crippen LogP contribution in [0.2, 0.25) is 5.28 Å². The van der Waals surface area contributed by atoms with Crippen LogP contribution in [0.15, 0.2) is 0 Å². The van der Waals surface area contributed by atoms with Crippen molar-refractivity contribution in [3.05, 3.63) is 5.28 Å². The Hall–Kier alpha value is -1.10. The maximum atomic E-state index is 5.92. The number of hydrogen-bond donors (Lipinski definition) is 1. The Morgan fingerprint density at radius 3 is 2.63 bits per heavy atom. The lowest BCUT2D eigenvalue weighted by molar-refractivity contribution is 0.268. The van der Waals surface area contributed by atoms with Gasteiger partial charge in [0, 0.05) is 20.6 Å². The molecule has 6 heteroatoms. The zero-order chi connectivity index (χ0) is 13.8. The van der Waals surface area contributed by atoms with Crippen LogP contribution in [0, 0.1) is 11.8 Å². The van der Waals surface area contributed by atoms with Crippen LogP contribution in [0.5, 0.6) is 0 Å². The molecule has 1 aromatic rings. The van der Waals surface area contributed by atoms with E-state index in [0.29, 0.717) is 17.8 Å². The third-order valence-electron chi connectivity index (χ3n) is 3.81. The lowest BCUT2D eigenvalue weighted by Crippen LogP contribution is -2.25. The van der Waals surface area contributed by atoms with E-state index in [1.165, 1.54) is 25.7 Å². The van der Waals surface area contributed by atoms with Crippen LogP contribution in [0.3, 0.4) is 0 Å². The molecule has 1 fully saturated rings. The Kier molecular flexibility index (Phi) is 4.80. The summed E-state index contributed by atoms with van der Waals surface area (Å²) in [6.07, 6.45) is 5.30. The topological polar surface area (TPSA) is 53.9 Å². The van der Waals surface area contributed by atoms with Gasteiger partial charge in [0.05, 0.1) is 0 Å². The molecule has 0 aromatic carbocycles. The summed E-state index contributed by atoms with van der Waals surface area (Å²) >= 11 is 5.92. The van der Waals surface area contributed by atoms with Crippen molar-refractivity contribution in [2.75, 3.05) is 30.9 Å². The van der Waals surface area contributed by atoms with E-state index in [4.69, 9.17) is 11.6 Å². The average molecular weight is 284 g/mol. The molecule has 5 nitrogen and oxygen atoms in total. The molecule has 106 valence electrons. The minimum absolute atomic E-state index is 0.234. The number of hydrogen-bond acceptors (Lipinski definition) is 5. The third-order valence-corrected chi connectivity index (χ3v) is 3.98. The molecular formula is C13H22ClN5. The molecular weight excluding hydrogens is 262 g/mol. The summed E-state index contributed by atoms with van der Waals surface area (Å²) in [5.41, 5.74) is 0. The highest BCUT2D eigenvalue weighted by atomic mass is 35.5. The standard InChI is InChI=1S/C13H22ClN5/c1-9-6-4-5-7-10(9)8-15-12-16-11(14)17-13(18-12)19(2)3/h9-10H,4-8H2,1-3H3,(H,15,16,17,18). The van der Waals surface area contributed by atoms with Gasteiger partial charge >= 0.3 is 0 Å². The molecule has 0 radical (unpaired) electrons. The number of rotatable bonds is 4. The van der Waals surface area contributed by atoms with Gasteiger partial charge in [0.15, 0.2) is 0 Å². The largest absolute Gasteiger partial charge is 0.354 e. The van der Waals surface area contributed by atoms with Crippen molar-refractivity contribution in [3.63, 3.8) is 0 Å². The molecule has 0 aliphatic heterocycles. The van der Waals surface area contributed by atoms with E-state index in [2.05, 4.69) is 27.2 Å². The van der Waals surface area contributed by atoms with Crippen LogP contribution < -0.4 is 10.2 Å². The van der Waals surface area contributed by atoms with Crippen molar-refractivity contribution < 1.29 is 0 Å². The van der Waals surface area contributed by atoms with Crippen LogP contribution in [-0.2, 0) is 0 Å². The normalized spacial score (nSPS) is 23.2. The number of halogens is 1. The summed E-state index contributed by atoms with van der Waals surface area (Å²) in [7, 11) is 3.78. The van der Waals surface area contributed by atoms with E-state index >= 15 is 0 Å². The Labute approximate surface area is 119 Å². The summed E-state index contributed by atoms with van der Waals surface area (Å²) in [5.74, 6) is 2.62. The maximum Gasteiger partial charge on any atom is 0.230 e. The van der Waals surface area contributed by atoms with Gasteiger partial charge in [0.1, 0.15) is 0 Å². The fourth-order valence-corrected chi connectivity index (χ4v) is 2.69. The Balaban J connectivity index is 1.98. The number of nitrogens with zero attached hydrogens (tertiary/aromatic N) is 4. The molecule has 19 heavy (non-hydrogen) atoms. The molecule has 0 spiro atoms. The van der Waals surface area contributed by atoms with Crippen molar-refractivity contribution in [2.24, 2.45) is 11.8 Å². The van der Waals surface area contributed by atoms with Gasteiger partial charge in [0.25, 0.3) is 0 Å². The van der Waals surface area contributed by atoms with Gasteiger partial charge in [-0.15, -0.1) is 0 Å². The van der Waals surface area contributed by atoms with Crippen molar-refractivity contribution in [3.8, 4) is 0 Å². The Bertz CT molecular complexity index is 423. The van der Waals surface area contributed by atoms with Crippen molar-refractivity contribution in [1.29, 1.82) is 0 Å². The van der Waals surface area contributed by atoms with Gasteiger partial charge in [0.2, 0.25) is 17.2 Å². The fraction of sp³-hybridized carbons (Fsp3) is 0.769. The van der Waals surface area contributed by atoms with Crippen LogP contribution >= 0.6 is 11.6 Å². The molecule has 0 saturated heterocycles. The monoisotopic (exact) mass is 283 g/mol. The molecule has 2 rings (SSSR count). The van der Waals surface area contributed by atoms with E-state index < -0.39 is 0 Å². The summed E-state index contributed by atoms with van der Waals surface area (Å²) < 4.78 is 0. The lowest BCUT2D eigenvalue weighted by atomic mass is 9.80. The van der Waals surface area contributed by atoms with Crippen molar-refractivity contribution >= 4 is 23.5 Å². The molecule has 2 atom stereocenters. The first-order valence-electron chi connectivity index (χ1n) is 6.89. The summed E-state index contributed by atoms with van der Waals surface area (Å²) in [6, 6.07) is 0. The van der Waals surface area contributed by atoms with Gasteiger partial charge < -0.3 is 10.2 Å². The second kappa shape index (κ2) is 6.37. The van der Waals surface area contributed by atoms with Crippen molar-refractivity contribution in [2.45, 2.75) is 32.6 Å². The molecule has 0 amide bonds. The van der Waals surface area contributed by atoms with E-state index in [1.807, 2.05) is 19.0 Å². The third kappa shape index (κ3) is 3.93. The zero-order valence-electron chi connectivity index (χ0n) is 11.9. The minimum atomic E-state index is 0.234. The second-order valence-electron chi connectivity index (χ2n) is 5.53. The van der Waals surface area contributed by atoms with Crippen molar-refractivity contribution in [1.82, 2.24) is 15.0 Å². The lowest BCUT2D eigenvalue weighted by Gasteiger charge is -2.28. The highest BCUT2D eigenvalue weighted by Crippen LogP contribution is 2.29. The summed E-state index contributed by atoms with van der Waals surface area (Å²) in [5, 5.41) is 3.54. The predicted molar refractivity (Wildman–Crippen MR) is 78.8 cm³/mol. The van der Waals surface area contributed by atoms with E-state index in [9.17, 15) is 0 Å². The van der Waals surface area contributed by atoms with Gasteiger partial charge in [-0.25, -0.2) is 0 Å². The van der Waals surface area contributed by atoms with Crippen LogP contribution in [0.1, 0.15) is 32.6 Å². The molecule has 1 saturated carbocycles. The van der Waals surface area contributed by atoms with E-state index in [-0.39, 0.29) is 5.28 Å². The average Bonchev–Trinajstić information content (AvgIpc) is 2.37. The fourth-order valence-electron chi connectivity index (χ4n) is 2.54. The van der Waals surface area contributed by atoms with Crippen LogP contribution in [0.4, 0.5) is 11.9 Å². The van der Waals surface area contributed by atoms with Gasteiger partial charge in [-0.05, 0) is 29.9 Å². The number of aromatic nitrogens is 3. The predicted octanol–water partition coefficient (Wildman–Crippen LogP) is 2.83. The highest BCUT2D eigenvalue weighted by Gasteiger charge is 2.21. The van der Waals surface area contributed by atoms with Gasteiger partial charge in [-0.2, -0.15) is 15.0 Å². The molecule has 1 aliphatic rings. The highest BCUT2D eigenvalue weighted by molar-refractivity contribution is 6.28. The molecule has 0 bridgehead atoms. The minimum Gasteiger partial charge on any atom is -0.354 e. The van der Waals surface area contributed by atoms with Crippen LogP contribution in [-0.4, -0.2) is 35.6 Å². The zero-order valence-corrected chi connectivity index (χ0v) is 12.6. The number of anilines is 2. The SMILES string of the molecule is CC1CCCCC1CNc1nc(Cl)nc(N(C)C)n1. The maximum absolute atomic E-state index is 5.92. The first kappa shape index (κ1) is 14.3. The summed E-state index contributed by atoms with van der Waals surface area (Å²) in [4.78, 5) is 14.4. The van der Waals surface area contributed by atoms with E-state index in [1.54, 1.807) is 0 Å². The smallest absolute Gasteiger partial charge is 0.230 e. The molecule has 1 N–H and O–H groups in total. The molecule has 1 aromatic heterocycles. The molecule has 1 aliphatic carbocycles. The van der Waals surface area contributed by atoms with Crippen LogP contribution in [0.25, 0.3) is 0 Å². The number of nitrogens with one attached hydrogen (secondary N) is 1. The quantitative estimate of drug-likeness (QED) is 0.921. The van der Waals surface area contributed by atoms with Gasteiger partial charge in [-0.1, -0.05) is 26.2 Å². The Morgan fingerprint density at radius 2 is 1.95 bits per heavy atom. The first-order valence-corrected chi connectivity index (χ1v) is 7.27. The molecule has 2 unspecified atom stereocenters. The molecule has 1 heterocycles. The van der Waals surface area contributed by atoms with Gasteiger partial charge in [-0.3, -0.25) is 0 Å². The van der Waals surface area contributed by atoms with E-state index in [0.717, 1.165) is 12.5 Å². The summed E-state index contributed by atoms with van der Waals surface area (Å²) in [6.45, 7) is 3.24. The second-order valence-corrected chi connectivity index (χ2v) is 5.86.